The molecule has 0 unspecified atom stereocenters. The van der Waals surface area contributed by atoms with Gasteiger partial charge in [-0.1, -0.05) is 71.9 Å². The Morgan fingerprint density at radius 2 is 1.81 bits per heavy atom. The molecule has 7 heteroatoms. The van der Waals surface area contributed by atoms with Crippen LogP contribution >= 0.6 is 23.4 Å². The monoisotopic (exact) mass is 457 g/mol. The van der Waals surface area contributed by atoms with Gasteiger partial charge in [-0.3, -0.25) is 19.7 Å². The summed E-state index contributed by atoms with van der Waals surface area (Å²) in [6.07, 6.45) is 4.03. The van der Waals surface area contributed by atoms with Crippen LogP contribution in [0.2, 0.25) is 5.02 Å². The normalized spacial score (nSPS) is 23.1. The number of aldehydes is 1. The molecule has 3 rings (SSSR count). The average Bonchev–Trinajstić information content (AvgIpc) is 2.76. The van der Waals surface area contributed by atoms with E-state index in [2.05, 4.69) is 0 Å². The second-order valence-corrected chi connectivity index (χ2v) is 9.38. The van der Waals surface area contributed by atoms with Gasteiger partial charge >= 0.3 is 0 Å². The zero-order valence-electron chi connectivity index (χ0n) is 17.1. The molecule has 0 amide bonds. The van der Waals surface area contributed by atoms with Gasteiger partial charge in [-0.2, -0.15) is 0 Å². The lowest BCUT2D eigenvalue weighted by atomic mass is 9.66. The molecule has 0 spiro atoms. The highest BCUT2D eigenvalue weighted by Gasteiger charge is 2.48. The van der Waals surface area contributed by atoms with Crippen LogP contribution in [0.15, 0.2) is 66.2 Å². The van der Waals surface area contributed by atoms with Crippen LogP contribution < -0.4 is 0 Å². The molecule has 2 aromatic carbocycles. The van der Waals surface area contributed by atoms with Gasteiger partial charge in [0.2, 0.25) is 6.04 Å². The number of carbonyl (C=O) groups excluding carboxylic acids is 2. The first-order valence-corrected chi connectivity index (χ1v) is 11.5. The first kappa shape index (κ1) is 23.2. The number of hydrogen-bond acceptors (Lipinski definition) is 5. The molecule has 0 saturated heterocycles. The third-order valence-corrected chi connectivity index (χ3v) is 6.87. The highest BCUT2D eigenvalue weighted by atomic mass is 35.5. The number of hydrogen-bond donors (Lipinski definition) is 0. The van der Waals surface area contributed by atoms with Gasteiger partial charge in [0.1, 0.15) is 6.29 Å². The Kier molecular flexibility index (Phi) is 8.04. The Balaban J connectivity index is 2.06. The second-order valence-electron chi connectivity index (χ2n) is 7.67. The summed E-state index contributed by atoms with van der Waals surface area (Å²) < 4.78 is 0. The van der Waals surface area contributed by atoms with Crippen molar-refractivity contribution in [3.05, 3.63) is 92.5 Å². The molecule has 0 fully saturated rings. The minimum Gasteiger partial charge on any atom is -0.298 e. The summed E-state index contributed by atoms with van der Waals surface area (Å²) in [5, 5.41) is 13.0. The Labute approximate surface area is 191 Å². The zero-order valence-corrected chi connectivity index (χ0v) is 18.7. The maximum atomic E-state index is 12.4. The first-order chi connectivity index (χ1) is 14.9. The summed E-state index contributed by atoms with van der Waals surface area (Å²) in [5.74, 6) is -0.584. The molecule has 4 atom stereocenters. The number of benzene rings is 2. The van der Waals surface area contributed by atoms with Crippen molar-refractivity contribution in [3.63, 3.8) is 0 Å². The van der Waals surface area contributed by atoms with E-state index >= 15 is 0 Å². The fourth-order valence-electron chi connectivity index (χ4n) is 4.45. The molecule has 5 nitrogen and oxygen atoms in total. The summed E-state index contributed by atoms with van der Waals surface area (Å²) >= 11 is 7.31. The second kappa shape index (κ2) is 10.7. The highest BCUT2D eigenvalue weighted by Crippen LogP contribution is 2.47. The Morgan fingerprint density at radius 3 is 2.39 bits per heavy atom. The van der Waals surface area contributed by atoms with Gasteiger partial charge in [0.05, 0.1) is 11.8 Å². The molecule has 0 aliphatic heterocycles. The number of carbonyl (C=O) groups is 2. The maximum Gasteiger partial charge on any atom is 0.231 e. The minimum atomic E-state index is -0.987. The molecule has 0 aromatic heterocycles. The van der Waals surface area contributed by atoms with E-state index in [0.29, 0.717) is 22.8 Å². The molecule has 0 radical (unpaired) electrons. The molecular formula is C24H24ClNO4S. The van der Waals surface area contributed by atoms with Crippen LogP contribution in [-0.2, 0) is 9.59 Å². The van der Waals surface area contributed by atoms with Crippen LogP contribution in [0.3, 0.4) is 0 Å². The number of rotatable bonds is 8. The number of nitro groups is 1. The summed E-state index contributed by atoms with van der Waals surface area (Å²) in [4.78, 5) is 35.4. The zero-order chi connectivity index (χ0) is 22.4. The first-order valence-electron chi connectivity index (χ1n) is 10.2. The fraction of sp³-hybridized carbons (Fsp3) is 0.333. The molecule has 0 bridgehead atoms. The van der Waals surface area contributed by atoms with Crippen LogP contribution in [-0.4, -0.2) is 28.1 Å². The third-order valence-electron chi connectivity index (χ3n) is 5.72. The van der Waals surface area contributed by atoms with Gasteiger partial charge in [-0.25, -0.2) is 0 Å². The Morgan fingerprint density at radius 1 is 1.13 bits per heavy atom. The molecular weight excluding hydrogens is 434 g/mol. The molecule has 2 aromatic rings. The molecule has 31 heavy (non-hydrogen) atoms. The smallest absolute Gasteiger partial charge is 0.231 e. The van der Waals surface area contributed by atoms with Gasteiger partial charge in [0.25, 0.3) is 0 Å². The van der Waals surface area contributed by atoms with Crippen molar-refractivity contribution in [1.29, 1.82) is 0 Å². The van der Waals surface area contributed by atoms with E-state index in [-0.39, 0.29) is 16.0 Å². The van der Waals surface area contributed by atoms with Gasteiger partial charge in [-0.05, 0) is 42.0 Å². The number of halogens is 1. The largest absolute Gasteiger partial charge is 0.298 e. The van der Waals surface area contributed by atoms with E-state index in [0.717, 1.165) is 23.8 Å². The van der Waals surface area contributed by atoms with Gasteiger partial charge in [0.15, 0.2) is 5.12 Å². The van der Waals surface area contributed by atoms with E-state index in [4.69, 9.17) is 11.6 Å². The van der Waals surface area contributed by atoms with Crippen molar-refractivity contribution < 1.29 is 14.5 Å². The van der Waals surface area contributed by atoms with Crippen LogP contribution in [0.5, 0.6) is 0 Å². The minimum absolute atomic E-state index is 0.0503. The van der Waals surface area contributed by atoms with Crippen LogP contribution in [0, 0.1) is 16.0 Å². The standard InChI is InChI=1S/C24H24ClNO4S/c1-16(28)31-13-5-8-19-14-20(15-27)23(17-6-3-2-4-7-17)24(26(29)30)22(19)18-9-11-21(25)12-10-18/h2-4,6-7,9-12,14-15,19,22-24H,5,8,13H2,1H3/t19-,22+,23+,24+/m0/s1. The van der Waals surface area contributed by atoms with Crippen LogP contribution in [0.25, 0.3) is 0 Å². The lowest BCUT2D eigenvalue weighted by molar-refractivity contribution is -0.531. The predicted octanol–water partition coefficient (Wildman–Crippen LogP) is 5.67. The highest BCUT2D eigenvalue weighted by molar-refractivity contribution is 8.13. The third kappa shape index (κ3) is 5.63. The number of nitrogens with zero attached hydrogens (tertiary/aromatic N) is 1. The van der Waals surface area contributed by atoms with E-state index in [1.807, 2.05) is 48.5 Å². The number of thioether (sulfide) groups is 1. The van der Waals surface area contributed by atoms with Crippen LogP contribution in [0.4, 0.5) is 0 Å². The molecule has 0 heterocycles. The number of allylic oxidation sites excluding steroid dienone is 1. The summed E-state index contributed by atoms with van der Waals surface area (Å²) in [6, 6.07) is 15.4. The maximum absolute atomic E-state index is 12.4. The van der Waals surface area contributed by atoms with Gasteiger partial charge in [0, 0.05) is 28.2 Å². The molecule has 1 aliphatic carbocycles. The quantitative estimate of drug-likeness (QED) is 0.221. The van der Waals surface area contributed by atoms with Crippen molar-refractivity contribution in [2.75, 3.05) is 5.75 Å². The molecule has 0 N–H and O–H groups in total. The summed E-state index contributed by atoms with van der Waals surface area (Å²) in [6.45, 7) is 1.53. The molecule has 0 saturated carbocycles. The van der Waals surface area contributed by atoms with Gasteiger partial charge < -0.3 is 0 Å². The van der Waals surface area contributed by atoms with E-state index in [9.17, 15) is 19.7 Å². The molecule has 162 valence electrons. The van der Waals surface area contributed by atoms with E-state index < -0.39 is 17.9 Å². The topological polar surface area (TPSA) is 77.3 Å². The average molecular weight is 458 g/mol. The lowest BCUT2D eigenvalue weighted by Gasteiger charge is -2.37. The summed E-state index contributed by atoms with van der Waals surface area (Å²) in [7, 11) is 0. The summed E-state index contributed by atoms with van der Waals surface area (Å²) in [5.41, 5.74) is 2.03. The van der Waals surface area contributed by atoms with Crippen molar-refractivity contribution in [2.24, 2.45) is 5.92 Å². The predicted molar refractivity (Wildman–Crippen MR) is 124 cm³/mol. The lowest BCUT2D eigenvalue weighted by Crippen LogP contribution is -2.41. The molecule has 1 aliphatic rings. The SMILES string of the molecule is CC(=O)SCCC[C@H]1C=C(C=O)[C@@H](c2ccccc2)[C@H]([N+](=O)[O-])[C@@H]1c1ccc(Cl)cc1. The van der Waals surface area contributed by atoms with E-state index in [1.54, 1.807) is 12.1 Å². The van der Waals surface area contributed by atoms with Crippen LogP contribution in [0.1, 0.15) is 42.7 Å². The van der Waals surface area contributed by atoms with Gasteiger partial charge in [-0.15, -0.1) is 0 Å². The van der Waals surface area contributed by atoms with E-state index in [1.165, 1.54) is 18.7 Å². The van der Waals surface area contributed by atoms with Crippen molar-refractivity contribution in [3.8, 4) is 0 Å². The Hall–Kier alpha value is -2.44. The van der Waals surface area contributed by atoms with Crippen molar-refractivity contribution >= 4 is 34.8 Å². The van der Waals surface area contributed by atoms with Crippen molar-refractivity contribution in [1.82, 2.24) is 0 Å². The van der Waals surface area contributed by atoms with Crippen molar-refractivity contribution in [2.45, 2.75) is 37.6 Å². The Bertz CT molecular complexity index is 961. The fourth-order valence-corrected chi connectivity index (χ4v) is 5.18.